The van der Waals surface area contributed by atoms with Gasteiger partial charge >= 0.3 is 0 Å². The molecule has 0 bridgehead atoms. The summed E-state index contributed by atoms with van der Waals surface area (Å²) >= 11 is 0. The summed E-state index contributed by atoms with van der Waals surface area (Å²) in [7, 11) is 1.07. The molecule has 0 amide bonds. The maximum Gasteiger partial charge on any atom is 0.103 e. The third-order valence-electron chi connectivity index (χ3n) is 1.02. The molecule has 2 atom stereocenters. The van der Waals surface area contributed by atoms with E-state index in [1.165, 1.54) is 0 Å². The van der Waals surface area contributed by atoms with Gasteiger partial charge in [0.1, 0.15) is 6.10 Å². The zero-order chi connectivity index (χ0) is 4.57. The van der Waals surface area contributed by atoms with E-state index in [9.17, 15) is 0 Å². The molecule has 1 rings (SSSR count). The van der Waals surface area contributed by atoms with Crippen LogP contribution in [0.25, 0.3) is 0 Å². The molecule has 36 valence electrons. The van der Waals surface area contributed by atoms with Crippen molar-refractivity contribution in [1.29, 1.82) is 0 Å². The minimum Gasteiger partial charge on any atom is -0.394 e. The molecule has 1 fully saturated rings. The van der Waals surface area contributed by atoms with Gasteiger partial charge in [-0.05, 0) is 0 Å². The van der Waals surface area contributed by atoms with Gasteiger partial charge < -0.3 is 9.84 Å². The minimum absolute atomic E-state index is 0.216. The molecule has 0 aromatic rings. The summed E-state index contributed by atoms with van der Waals surface area (Å²) < 4.78 is 4.88. The van der Waals surface area contributed by atoms with Gasteiger partial charge in [0.25, 0.3) is 0 Å². The molecular weight excluding hydrogens is 96.1 g/mol. The Hall–Kier alpha value is 0.137. The molecule has 1 aliphatic heterocycles. The van der Waals surface area contributed by atoms with Gasteiger partial charge in [-0.1, -0.05) is 0 Å². The lowest BCUT2D eigenvalue weighted by atomic mass is 10.5. The van der Waals surface area contributed by atoms with Crippen LogP contribution in [0.1, 0.15) is 0 Å². The van der Waals surface area contributed by atoms with E-state index in [1.807, 2.05) is 0 Å². The van der Waals surface area contributed by atoms with E-state index in [4.69, 9.17) is 9.84 Å². The fourth-order valence-electron chi connectivity index (χ4n) is 0.422. The molecule has 0 spiro atoms. The van der Waals surface area contributed by atoms with Gasteiger partial charge in [-0.2, -0.15) is 0 Å². The Bertz CT molecular complexity index is 54.8. The standard InChI is InChI=1S/C3H8O2Si/c4-1-2-3(6)5-2/h2-4H,1H2,6H3. The summed E-state index contributed by atoms with van der Waals surface area (Å²) in [6.45, 7) is 0.216. The lowest BCUT2D eigenvalue weighted by molar-refractivity contribution is 0.243. The highest BCUT2D eigenvalue weighted by atomic mass is 28.1. The summed E-state index contributed by atoms with van der Waals surface area (Å²) in [4.78, 5) is 0. The molecule has 1 aliphatic rings. The topological polar surface area (TPSA) is 32.8 Å². The van der Waals surface area contributed by atoms with Crippen LogP contribution in [0.4, 0.5) is 0 Å². The van der Waals surface area contributed by atoms with Crippen molar-refractivity contribution in [2.24, 2.45) is 0 Å². The SMILES string of the molecule is OCC1OC1[SiH3]. The van der Waals surface area contributed by atoms with E-state index in [1.54, 1.807) is 0 Å². The van der Waals surface area contributed by atoms with E-state index >= 15 is 0 Å². The second-order valence-electron chi connectivity index (χ2n) is 1.56. The maximum absolute atomic E-state index is 8.27. The van der Waals surface area contributed by atoms with Gasteiger partial charge in [-0.3, -0.25) is 0 Å². The smallest absolute Gasteiger partial charge is 0.103 e. The van der Waals surface area contributed by atoms with Gasteiger partial charge in [0.15, 0.2) is 0 Å². The number of aliphatic hydroxyl groups excluding tert-OH is 1. The molecule has 2 nitrogen and oxygen atoms in total. The Balaban J connectivity index is 2.09. The molecule has 6 heavy (non-hydrogen) atoms. The number of aliphatic hydroxyl groups is 1. The van der Waals surface area contributed by atoms with Crippen molar-refractivity contribution in [3.8, 4) is 0 Å². The number of rotatable bonds is 1. The van der Waals surface area contributed by atoms with Crippen LogP contribution in [0.2, 0.25) is 0 Å². The van der Waals surface area contributed by atoms with Crippen LogP contribution in [0, 0.1) is 0 Å². The van der Waals surface area contributed by atoms with Crippen LogP contribution in [0.3, 0.4) is 0 Å². The van der Waals surface area contributed by atoms with E-state index in [0.29, 0.717) is 5.73 Å². The second kappa shape index (κ2) is 1.33. The Morgan fingerprint density at radius 3 is 2.33 bits per heavy atom. The first kappa shape index (κ1) is 4.30. The van der Waals surface area contributed by atoms with E-state index in [0.717, 1.165) is 10.2 Å². The van der Waals surface area contributed by atoms with Crippen LogP contribution in [0.15, 0.2) is 0 Å². The third-order valence-corrected chi connectivity index (χ3v) is 2.03. The third kappa shape index (κ3) is 0.615. The summed E-state index contributed by atoms with van der Waals surface area (Å²) in [6.07, 6.45) is 0.219. The number of epoxide rings is 1. The molecule has 1 N–H and O–H groups in total. The fourth-order valence-corrected chi connectivity index (χ4v) is 0.982. The lowest BCUT2D eigenvalue weighted by Crippen LogP contribution is -1.96. The van der Waals surface area contributed by atoms with Crippen molar-refractivity contribution in [3.63, 3.8) is 0 Å². The molecule has 2 unspecified atom stereocenters. The van der Waals surface area contributed by atoms with Crippen molar-refractivity contribution in [3.05, 3.63) is 0 Å². The largest absolute Gasteiger partial charge is 0.394 e. The van der Waals surface area contributed by atoms with Gasteiger partial charge in [0, 0.05) is 10.2 Å². The molecule has 0 aromatic heterocycles. The first-order valence-corrected chi connectivity index (χ1v) is 3.26. The van der Waals surface area contributed by atoms with Crippen LogP contribution in [-0.4, -0.2) is 33.8 Å². The number of hydrogen-bond donors (Lipinski definition) is 1. The van der Waals surface area contributed by atoms with Crippen molar-refractivity contribution in [1.82, 2.24) is 0 Å². The van der Waals surface area contributed by atoms with E-state index in [2.05, 4.69) is 0 Å². The zero-order valence-electron chi connectivity index (χ0n) is 3.72. The Morgan fingerprint density at radius 1 is 1.83 bits per heavy atom. The van der Waals surface area contributed by atoms with Crippen LogP contribution in [0.5, 0.6) is 0 Å². The van der Waals surface area contributed by atoms with Gasteiger partial charge in [-0.15, -0.1) is 0 Å². The van der Waals surface area contributed by atoms with Crippen molar-refractivity contribution >= 4 is 10.2 Å². The second-order valence-corrected chi connectivity index (χ2v) is 2.70. The molecule has 0 saturated carbocycles. The Kier molecular flexibility index (Phi) is 0.952. The molecular formula is C3H8O2Si. The fraction of sp³-hybridized carbons (Fsp3) is 1.00. The summed E-state index contributed by atoms with van der Waals surface area (Å²) in [5, 5.41) is 8.27. The van der Waals surface area contributed by atoms with E-state index in [-0.39, 0.29) is 12.7 Å². The predicted molar refractivity (Wildman–Crippen MR) is 25.7 cm³/mol. The summed E-state index contributed by atoms with van der Waals surface area (Å²) in [5.74, 6) is 0. The normalized spacial score (nSPS) is 43.5. The molecule has 1 heterocycles. The van der Waals surface area contributed by atoms with Crippen molar-refractivity contribution < 1.29 is 9.84 Å². The summed E-state index contributed by atoms with van der Waals surface area (Å²) in [5.41, 5.74) is 0.454. The average Bonchev–Trinajstić information content (AvgIpc) is 2.19. The zero-order valence-corrected chi connectivity index (χ0v) is 5.72. The van der Waals surface area contributed by atoms with Crippen LogP contribution < -0.4 is 0 Å². The highest BCUT2D eigenvalue weighted by molar-refractivity contribution is 6.13. The van der Waals surface area contributed by atoms with Crippen molar-refractivity contribution in [2.45, 2.75) is 11.8 Å². The monoisotopic (exact) mass is 104 g/mol. The van der Waals surface area contributed by atoms with Crippen LogP contribution >= 0.6 is 0 Å². The predicted octanol–water partition coefficient (Wildman–Crippen LogP) is -1.93. The van der Waals surface area contributed by atoms with Gasteiger partial charge in [0.2, 0.25) is 0 Å². The molecule has 1 saturated heterocycles. The molecule has 0 aliphatic carbocycles. The van der Waals surface area contributed by atoms with Gasteiger partial charge in [-0.25, -0.2) is 0 Å². The highest BCUT2D eigenvalue weighted by Crippen LogP contribution is 2.15. The maximum atomic E-state index is 8.27. The quantitative estimate of drug-likeness (QED) is 0.310. The number of ether oxygens (including phenoxy) is 1. The first-order chi connectivity index (χ1) is 2.84. The Morgan fingerprint density at radius 2 is 2.33 bits per heavy atom. The summed E-state index contributed by atoms with van der Waals surface area (Å²) in [6, 6.07) is 0. The Labute approximate surface area is 39.5 Å². The van der Waals surface area contributed by atoms with Crippen molar-refractivity contribution in [2.75, 3.05) is 6.61 Å². The minimum atomic E-state index is 0.216. The van der Waals surface area contributed by atoms with E-state index < -0.39 is 0 Å². The molecule has 3 heteroatoms. The lowest BCUT2D eigenvalue weighted by Gasteiger charge is -1.73. The van der Waals surface area contributed by atoms with Crippen LogP contribution in [-0.2, 0) is 4.74 Å². The number of hydrogen-bond acceptors (Lipinski definition) is 2. The average molecular weight is 104 g/mol. The first-order valence-electron chi connectivity index (χ1n) is 2.11. The van der Waals surface area contributed by atoms with Gasteiger partial charge in [0.05, 0.1) is 12.3 Å². The highest BCUT2D eigenvalue weighted by Gasteiger charge is 2.32. The molecule has 0 aromatic carbocycles. The molecule has 0 radical (unpaired) electrons.